The third-order valence-corrected chi connectivity index (χ3v) is 4.30. The second-order valence-electron chi connectivity index (χ2n) is 4.65. The second kappa shape index (κ2) is 8.99. The minimum atomic E-state index is -0.0966. The molecule has 0 atom stereocenters. The number of ether oxygens (including phenoxy) is 1. The van der Waals surface area contributed by atoms with Gasteiger partial charge in [-0.05, 0) is 17.7 Å². The minimum Gasteiger partial charge on any atom is -0.383 e. The van der Waals surface area contributed by atoms with Gasteiger partial charge >= 0.3 is 0 Å². The second-order valence-corrected chi connectivity index (χ2v) is 6.68. The molecule has 2 aromatic rings. The van der Waals surface area contributed by atoms with E-state index in [0.29, 0.717) is 18.3 Å². The number of hydrogen-bond acceptors (Lipinski definition) is 5. The summed E-state index contributed by atoms with van der Waals surface area (Å²) in [5.74, 6) is -0.0966. The van der Waals surface area contributed by atoms with Crippen molar-refractivity contribution in [2.24, 2.45) is 0 Å². The molecule has 0 aliphatic heterocycles. The smallest absolute Gasteiger partial charge is 0.240 e. The van der Waals surface area contributed by atoms with E-state index in [2.05, 4.69) is 43.7 Å². The molecule has 22 heavy (non-hydrogen) atoms. The maximum absolute atomic E-state index is 11.7. The van der Waals surface area contributed by atoms with Crippen LogP contribution in [0, 0.1) is 0 Å². The summed E-state index contributed by atoms with van der Waals surface area (Å²) >= 11 is 4.92. The van der Waals surface area contributed by atoms with Gasteiger partial charge in [-0.25, -0.2) is 4.98 Å². The Morgan fingerprint density at radius 2 is 2.14 bits per heavy atom. The molecule has 5 nitrogen and oxygen atoms in total. The van der Waals surface area contributed by atoms with Crippen LogP contribution in [0.15, 0.2) is 34.9 Å². The average Bonchev–Trinajstić information content (AvgIpc) is 2.93. The number of carbonyl (C=O) groups is 1. The maximum Gasteiger partial charge on any atom is 0.240 e. The molecular formula is C15H18BrN3O2S. The van der Waals surface area contributed by atoms with Crippen LogP contribution in [0.2, 0.25) is 0 Å². The molecule has 0 aliphatic carbocycles. The molecule has 1 aromatic heterocycles. The van der Waals surface area contributed by atoms with Crippen LogP contribution >= 0.6 is 27.3 Å². The summed E-state index contributed by atoms with van der Waals surface area (Å²) in [7, 11) is 1.63. The lowest BCUT2D eigenvalue weighted by Gasteiger charge is -2.03. The Hall–Kier alpha value is -1.28. The van der Waals surface area contributed by atoms with Crippen LogP contribution in [-0.2, 0) is 16.0 Å². The third kappa shape index (κ3) is 5.84. The summed E-state index contributed by atoms with van der Waals surface area (Å²) in [5, 5.41) is 6.42. The molecule has 0 fully saturated rings. The number of nitrogens with zero attached hydrogens (tertiary/aromatic N) is 1. The standard InChI is InChI=1S/C15H18BrN3O2S/c1-21-7-6-17-10-14(20)19-15-18-9-13(22-15)8-11-2-4-12(16)5-3-11/h2-5,9,17H,6-8,10H2,1H3,(H,18,19,20). The summed E-state index contributed by atoms with van der Waals surface area (Å²) < 4.78 is 5.97. The van der Waals surface area contributed by atoms with E-state index in [-0.39, 0.29) is 12.5 Å². The molecule has 0 spiro atoms. The highest BCUT2D eigenvalue weighted by molar-refractivity contribution is 9.10. The first-order valence-electron chi connectivity index (χ1n) is 6.86. The number of hydrogen-bond donors (Lipinski definition) is 2. The van der Waals surface area contributed by atoms with Gasteiger partial charge in [0.25, 0.3) is 0 Å². The van der Waals surface area contributed by atoms with Crippen molar-refractivity contribution in [3.8, 4) is 0 Å². The lowest BCUT2D eigenvalue weighted by molar-refractivity contribution is -0.115. The van der Waals surface area contributed by atoms with Gasteiger partial charge in [-0.15, -0.1) is 11.3 Å². The van der Waals surface area contributed by atoms with E-state index in [1.54, 1.807) is 13.3 Å². The topological polar surface area (TPSA) is 63.2 Å². The Morgan fingerprint density at radius 3 is 2.86 bits per heavy atom. The maximum atomic E-state index is 11.7. The molecule has 118 valence electrons. The van der Waals surface area contributed by atoms with Crippen molar-refractivity contribution in [1.82, 2.24) is 10.3 Å². The first-order valence-corrected chi connectivity index (χ1v) is 8.47. The highest BCUT2D eigenvalue weighted by Crippen LogP contribution is 2.21. The number of methoxy groups -OCH3 is 1. The van der Waals surface area contributed by atoms with Crippen LogP contribution in [0.25, 0.3) is 0 Å². The fourth-order valence-corrected chi connectivity index (χ4v) is 2.92. The van der Waals surface area contributed by atoms with Gasteiger partial charge in [-0.2, -0.15) is 0 Å². The van der Waals surface area contributed by atoms with Crippen LogP contribution in [-0.4, -0.2) is 37.7 Å². The molecule has 1 aromatic carbocycles. The summed E-state index contributed by atoms with van der Waals surface area (Å²) in [6, 6.07) is 8.18. The number of rotatable bonds is 8. The molecule has 1 amide bonds. The number of benzene rings is 1. The van der Waals surface area contributed by atoms with E-state index in [0.717, 1.165) is 15.8 Å². The van der Waals surface area contributed by atoms with Crippen molar-refractivity contribution >= 4 is 38.3 Å². The Morgan fingerprint density at radius 1 is 1.36 bits per heavy atom. The molecule has 0 aliphatic rings. The van der Waals surface area contributed by atoms with Gasteiger partial charge in [0.2, 0.25) is 5.91 Å². The van der Waals surface area contributed by atoms with E-state index in [1.807, 2.05) is 12.1 Å². The molecule has 0 saturated heterocycles. The van der Waals surface area contributed by atoms with E-state index in [9.17, 15) is 4.79 Å². The quantitative estimate of drug-likeness (QED) is 0.687. The first kappa shape index (κ1) is 17.1. The lowest BCUT2D eigenvalue weighted by Crippen LogP contribution is -2.30. The molecule has 2 N–H and O–H groups in total. The Kier molecular flexibility index (Phi) is 6.98. The number of nitrogens with one attached hydrogen (secondary N) is 2. The number of carbonyl (C=O) groups excluding carboxylic acids is 1. The monoisotopic (exact) mass is 383 g/mol. The molecule has 0 bridgehead atoms. The number of thiazole rings is 1. The Balaban J connectivity index is 1.80. The van der Waals surface area contributed by atoms with Gasteiger partial charge < -0.3 is 15.4 Å². The van der Waals surface area contributed by atoms with Gasteiger partial charge in [-0.3, -0.25) is 4.79 Å². The first-order chi connectivity index (χ1) is 10.7. The molecule has 0 saturated carbocycles. The van der Waals surface area contributed by atoms with Crippen molar-refractivity contribution < 1.29 is 9.53 Å². The van der Waals surface area contributed by atoms with Gasteiger partial charge in [0.05, 0.1) is 13.2 Å². The third-order valence-electron chi connectivity index (χ3n) is 2.86. The van der Waals surface area contributed by atoms with Crippen molar-refractivity contribution in [3.05, 3.63) is 45.4 Å². The van der Waals surface area contributed by atoms with Crippen LogP contribution in [0.3, 0.4) is 0 Å². The zero-order valence-corrected chi connectivity index (χ0v) is 14.7. The number of halogens is 1. The number of anilines is 1. The van der Waals surface area contributed by atoms with Gasteiger partial charge in [0.1, 0.15) is 0 Å². The normalized spacial score (nSPS) is 10.6. The number of aromatic nitrogens is 1. The van der Waals surface area contributed by atoms with E-state index < -0.39 is 0 Å². The zero-order chi connectivity index (χ0) is 15.8. The van der Waals surface area contributed by atoms with Crippen LogP contribution in [0.5, 0.6) is 0 Å². The molecular weight excluding hydrogens is 366 g/mol. The van der Waals surface area contributed by atoms with Crippen molar-refractivity contribution in [3.63, 3.8) is 0 Å². The molecule has 0 radical (unpaired) electrons. The summed E-state index contributed by atoms with van der Waals surface area (Å²) in [4.78, 5) is 17.1. The Labute approximate surface area is 142 Å². The van der Waals surface area contributed by atoms with Gasteiger partial charge in [0.15, 0.2) is 5.13 Å². The minimum absolute atomic E-state index is 0.0966. The predicted octanol–water partition coefficient (Wildman–Crippen LogP) is 2.67. The lowest BCUT2D eigenvalue weighted by atomic mass is 10.1. The van der Waals surface area contributed by atoms with Crippen molar-refractivity contribution in [2.45, 2.75) is 6.42 Å². The summed E-state index contributed by atoms with van der Waals surface area (Å²) in [6.07, 6.45) is 2.62. The fourth-order valence-electron chi connectivity index (χ4n) is 1.79. The van der Waals surface area contributed by atoms with Crippen LogP contribution in [0.4, 0.5) is 5.13 Å². The van der Waals surface area contributed by atoms with Crippen molar-refractivity contribution in [1.29, 1.82) is 0 Å². The van der Waals surface area contributed by atoms with Gasteiger partial charge in [-0.1, -0.05) is 28.1 Å². The highest BCUT2D eigenvalue weighted by atomic mass is 79.9. The fraction of sp³-hybridized carbons (Fsp3) is 0.333. The van der Waals surface area contributed by atoms with Crippen LogP contribution in [0.1, 0.15) is 10.4 Å². The zero-order valence-electron chi connectivity index (χ0n) is 12.3. The number of amides is 1. The van der Waals surface area contributed by atoms with Crippen molar-refractivity contribution in [2.75, 3.05) is 32.1 Å². The van der Waals surface area contributed by atoms with E-state index in [4.69, 9.17) is 4.74 Å². The van der Waals surface area contributed by atoms with E-state index >= 15 is 0 Å². The molecule has 2 rings (SSSR count). The molecule has 1 heterocycles. The highest BCUT2D eigenvalue weighted by Gasteiger charge is 2.07. The van der Waals surface area contributed by atoms with Crippen LogP contribution < -0.4 is 10.6 Å². The summed E-state index contributed by atoms with van der Waals surface area (Å²) in [6.45, 7) is 1.49. The molecule has 0 unspecified atom stereocenters. The summed E-state index contributed by atoms with van der Waals surface area (Å²) in [5.41, 5.74) is 1.21. The van der Waals surface area contributed by atoms with E-state index in [1.165, 1.54) is 16.9 Å². The SMILES string of the molecule is COCCNCC(=O)Nc1ncc(Cc2ccc(Br)cc2)s1. The Bertz CT molecular complexity index is 601. The van der Waals surface area contributed by atoms with Gasteiger partial charge in [0, 0.05) is 35.6 Å². The molecule has 7 heteroatoms. The largest absolute Gasteiger partial charge is 0.383 e. The average molecular weight is 384 g/mol. The predicted molar refractivity (Wildman–Crippen MR) is 92.4 cm³/mol.